The average Bonchev–Trinajstić information content (AvgIpc) is 2.88. The highest BCUT2D eigenvalue weighted by Crippen LogP contribution is 2.25. The topological polar surface area (TPSA) is 0 Å². The van der Waals surface area contributed by atoms with Crippen molar-refractivity contribution in [3.63, 3.8) is 0 Å². The zero-order valence-corrected chi connectivity index (χ0v) is 21.1. The van der Waals surface area contributed by atoms with Crippen molar-refractivity contribution < 1.29 is 13.2 Å². The Kier molecular flexibility index (Phi) is 9.22. The van der Waals surface area contributed by atoms with Crippen LogP contribution >= 0.6 is 0 Å². The first kappa shape index (κ1) is 26.0. The van der Waals surface area contributed by atoms with Gasteiger partial charge in [-0.25, -0.2) is 13.2 Å². The van der Waals surface area contributed by atoms with Crippen molar-refractivity contribution in [2.75, 3.05) is 0 Å². The van der Waals surface area contributed by atoms with Crippen LogP contribution in [0.2, 0.25) is 0 Å². The van der Waals surface area contributed by atoms with E-state index < -0.39 is 0 Å². The van der Waals surface area contributed by atoms with E-state index in [-0.39, 0.29) is 17.5 Å². The number of hydrogen-bond acceptors (Lipinski definition) is 0. The van der Waals surface area contributed by atoms with E-state index >= 15 is 4.39 Å². The normalized spacial score (nSPS) is 11.3. The van der Waals surface area contributed by atoms with Crippen molar-refractivity contribution in [3.05, 3.63) is 118 Å². The summed E-state index contributed by atoms with van der Waals surface area (Å²) in [4.78, 5) is 0. The number of aryl methyl sites for hydroxylation is 5. The fraction of sp³-hybridized carbons (Fsp3) is 0.333. The number of rotatable bonds is 12. The zero-order valence-electron chi connectivity index (χ0n) is 21.1. The van der Waals surface area contributed by atoms with Crippen molar-refractivity contribution in [1.29, 1.82) is 0 Å². The molecular formula is C33H35F3. The lowest BCUT2D eigenvalue weighted by Gasteiger charge is -2.10. The lowest BCUT2D eigenvalue weighted by molar-refractivity contribution is 0.601. The number of hydrogen-bond donors (Lipinski definition) is 0. The van der Waals surface area contributed by atoms with Crippen molar-refractivity contribution in [2.24, 2.45) is 0 Å². The minimum Gasteiger partial charge on any atom is -0.207 e. The molecule has 4 rings (SSSR count). The molecule has 0 aliphatic heterocycles. The number of unbranched alkanes of at least 4 members (excludes halogenated alkanes) is 4. The Morgan fingerprint density at radius 2 is 1.17 bits per heavy atom. The van der Waals surface area contributed by atoms with Crippen LogP contribution in [0.3, 0.4) is 0 Å². The summed E-state index contributed by atoms with van der Waals surface area (Å²) < 4.78 is 42.9. The monoisotopic (exact) mass is 488 g/mol. The first-order valence-corrected chi connectivity index (χ1v) is 13.2. The summed E-state index contributed by atoms with van der Waals surface area (Å²) in [5.74, 6) is -0.587. The van der Waals surface area contributed by atoms with E-state index in [0.717, 1.165) is 40.5 Å². The van der Waals surface area contributed by atoms with Crippen molar-refractivity contribution in [2.45, 2.75) is 71.1 Å². The van der Waals surface area contributed by atoms with Gasteiger partial charge in [-0.1, -0.05) is 87.2 Å². The van der Waals surface area contributed by atoms with E-state index in [1.54, 1.807) is 18.2 Å². The Balaban J connectivity index is 1.35. The summed E-state index contributed by atoms with van der Waals surface area (Å²) in [7, 11) is 0. The van der Waals surface area contributed by atoms with E-state index in [1.165, 1.54) is 37.8 Å². The molecule has 0 spiro atoms. The van der Waals surface area contributed by atoms with Gasteiger partial charge in [0.05, 0.1) is 0 Å². The van der Waals surface area contributed by atoms with Gasteiger partial charge in [-0.05, 0) is 89.9 Å². The molecule has 0 saturated carbocycles. The maximum absolute atomic E-state index is 15.1. The van der Waals surface area contributed by atoms with Crippen LogP contribution in [0.25, 0.3) is 10.8 Å². The van der Waals surface area contributed by atoms with Gasteiger partial charge in [0.2, 0.25) is 0 Å². The second kappa shape index (κ2) is 12.8. The minimum absolute atomic E-state index is 0.126. The molecule has 4 aromatic rings. The van der Waals surface area contributed by atoms with Gasteiger partial charge in [0.25, 0.3) is 0 Å². The minimum atomic E-state index is -0.264. The second-order valence-electron chi connectivity index (χ2n) is 9.81. The molecule has 36 heavy (non-hydrogen) atoms. The van der Waals surface area contributed by atoms with Gasteiger partial charge in [0.15, 0.2) is 0 Å². The Labute approximate surface area is 213 Å². The average molecular weight is 489 g/mol. The summed E-state index contributed by atoms with van der Waals surface area (Å²) in [5.41, 5.74) is 4.52. The fourth-order valence-corrected chi connectivity index (χ4v) is 4.83. The SMILES string of the molecule is CCCCCCCc1ccc(CCc2ccc3c(F)c(CCc4ccc(F)cc4)ccc3c2)c(F)c1. The molecule has 188 valence electrons. The Morgan fingerprint density at radius 3 is 1.94 bits per heavy atom. The van der Waals surface area contributed by atoms with Crippen LogP contribution in [0.1, 0.15) is 66.8 Å². The lowest BCUT2D eigenvalue weighted by Crippen LogP contribution is -1.98. The highest BCUT2D eigenvalue weighted by atomic mass is 19.1. The molecule has 0 unspecified atom stereocenters. The van der Waals surface area contributed by atoms with Gasteiger partial charge in [-0.15, -0.1) is 0 Å². The molecule has 0 atom stereocenters. The molecule has 0 nitrogen and oxygen atoms in total. The molecule has 4 aromatic carbocycles. The van der Waals surface area contributed by atoms with Crippen LogP contribution < -0.4 is 0 Å². The highest BCUT2D eigenvalue weighted by Gasteiger charge is 2.10. The van der Waals surface area contributed by atoms with Gasteiger partial charge in [0.1, 0.15) is 17.5 Å². The van der Waals surface area contributed by atoms with Crippen molar-refractivity contribution in [1.82, 2.24) is 0 Å². The van der Waals surface area contributed by atoms with Crippen LogP contribution in [0.5, 0.6) is 0 Å². The molecule has 0 aliphatic rings. The Bertz CT molecular complexity index is 1270. The van der Waals surface area contributed by atoms with Crippen molar-refractivity contribution >= 4 is 10.8 Å². The lowest BCUT2D eigenvalue weighted by atomic mass is 9.96. The van der Waals surface area contributed by atoms with E-state index in [2.05, 4.69) is 13.0 Å². The molecule has 0 aromatic heterocycles. The third kappa shape index (κ3) is 7.00. The molecular weight excluding hydrogens is 453 g/mol. The predicted octanol–water partition coefficient (Wildman–Crippen LogP) is 9.34. The maximum Gasteiger partial charge on any atom is 0.134 e. The van der Waals surface area contributed by atoms with E-state index in [4.69, 9.17) is 0 Å². The van der Waals surface area contributed by atoms with Crippen LogP contribution in [0.15, 0.2) is 72.8 Å². The van der Waals surface area contributed by atoms with E-state index in [9.17, 15) is 8.78 Å². The van der Waals surface area contributed by atoms with E-state index in [0.29, 0.717) is 36.6 Å². The van der Waals surface area contributed by atoms with Gasteiger partial charge in [-0.2, -0.15) is 0 Å². The summed E-state index contributed by atoms with van der Waals surface area (Å²) in [6.07, 6.45) is 9.54. The van der Waals surface area contributed by atoms with Gasteiger partial charge < -0.3 is 0 Å². The molecule has 0 saturated heterocycles. The van der Waals surface area contributed by atoms with Crippen LogP contribution in [0.4, 0.5) is 13.2 Å². The largest absolute Gasteiger partial charge is 0.207 e. The highest BCUT2D eigenvalue weighted by molar-refractivity contribution is 5.84. The second-order valence-corrected chi connectivity index (χ2v) is 9.81. The molecule has 0 bridgehead atoms. The molecule has 0 radical (unpaired) electrons. The molecule has 0 aliphatic carbocycles. The van der Waals surface area contributed by atoms with Crippen LogP contribution in [0, 0.1) is 17.5 Å². The third-order valence-corrected chi connectivity index (χ3v) is 7.06. The molecule has 3 heteroatoms. The Morgan fingerprint density at radius 1 is 0.528 bits per heavy atom. The smallest absolute Gasteiger partial charge is 0.134 e. The quantitative estimate of drug-likeness (QED) is 0.174. The molecule has 0 fully saturated rings. The summed E-state index contributed by atoms with van der Waals surface area (Å²) in [6, 6.07) is 21.6. The first-order chi connectivity index (χ1) is 17.5. The van der Waals surface area contributed by atoms with Crippen molar-refractivity contribution in [3.8, 4) is 0 Å². The standard InChI is InChI=1S/C33H35F3/c1-2-3-4-5-6-7-25-9-14-27(32(35)23-25)15-10-26-13-21-31-29(22-26)18-17-28(33(31)36)16-8-24-11-19-30(34)20-12-24/h9,11-14,17-23H,2-8,10,15-16H2,1H3. The summed E-state index contributed by atoms with van der Waals surface area (Å²) in [5, 5.41) is 1.46. The molecule has 0 amide bonds. The van der Waals surface area contributed by atoms with Crippen LogP contribution in [-0.4, -0.2) is 0 Å². The van der Waals surface area contributed by atoms with Gasteiger partial charge in [0, 0.05) is 5.39 Å². The number of benzene rings is 4. The third-order valence-electron chi connectivity index (χ3n) is 7.06. The van der Waals surface area contributed by atoms with Gasteiger partial charge in [-0.3, -0.25) is 0 Å². The van der Waals surface area contributed by atoms with Gasteiger partial charge >= 0.3 is 0 Å². The Hall–Kier alpha value is -3.07. The number of halogens is 3. The number of fused-ring (bicyclic) bond motifs is 1. The van der Waals surface area contributed by atoms with Crippen LogP contribution in [-0.2, 0) is 32.1 Å². The fourth-order valence-electron chi connectivity index (χ4n) is 4.83. The summed E-state index contributed by atoms with van der Waals surface area (Å²) >= 11 is 0. The summed E-state index contributed by atoms with van der Waals surface area (Å²) in [6.45, 7) is 2.21. The molecule has 0 N–H and O–H groups in total. The zero-order chi connectivity index (χ0) is 25.3. The predicted molar refractivity (Wildman–Crippen MR) is 144 cm³/mol. The van der Waals surface area contributed by atoms with E-state index in [1.807, 2.05) is 36.4 Å². The molecule has 0 heterocycles. The maximum atomic E-state index is 15.1. The first-order valence-electron chi connectivity index (χ1n) is 13.2.